The minimum atomic E-state index is -0.00641. The van der Waals surface area contributed by atoms with Crippen molar-refractivity contribution in [1.82, 2.24) is 10.3 Å². The maximum absolute atomic E-state index is 11.7. The Balaban J connectivity index is 1.65. The lowest BCUT2D eigenvalue weighted by atomic mass is 10.1. The molecule has 5 heteroatoms. The highest BCUT2D eigenvalue weighted by molar-refractivity contribution is 5.78. The Morgan fingerprint density at radius 1 is 1.47 bits per heavy atom. The lowest BCUT2D eigenvalue weighted by Crippen LogP contribution is -2.30. The number of pyridine rings is 1. The summed E-state index contributed by atoms with van der Waals surface area (Å²) in [5.74, 6) is -0.00641. The Kier molecular flexibility index (Phi) is 5.15. The van der Waals surface area contributed by atoms with Gasteiger partial charge in [-0.1, -0.05) is 0 Å². The van der Waals surface area contributed by atoms with E-state index in [4.69, 9.17) is 10.5 Å². The van der Waals surface area contributed by atoms with Gasteiger partial charge in [-0.25, -0.2) is 0 Å². The van der Waals surface area contributed by atoms with Gasteiger partial charge in [0.1, 0.15) is 0 Å². The minimum absolute atomic E-state index is 0.00641. The molecule has 2 heterocycles. The van der Waals surface area contributed by atoms with Crippen LogP contribution in [-0.2, 0) is 16.0 Å². The summed E-state index contributed by atoms with van der Waals surface area (Å²) < 4.78 is 5.61. The molecule has 1 unspecified atom stereocenters. The molecule has 0 aliphatic carbocycles. The van der Waals surface area contributed by atoms with Crippen LogP contribution >= 0.6 is 0 Å². The first-order chi connectivity index (χ1) is 9.24. The Labute approximate surface area is 113 Å². The van der Waals surface area contributed by atoms with Crippen LogP contribution in [0.5, 0.6) is 0 Å². The minimum Gasteiger partial charge on any atom is -0.397 e. The number of anilines is 1. The summed E-state index contributed by atoms with van der Waals surface area (Å²) in [6, 6.07) is 3.53. The van der Waals surface area contributed by atoms with Crippen LogP contribution in [0.4, 0.5) is 5.69 Å². The van der Waals surface area contributed by atoms with Crippen molar-refractivity contribution in [2.45, 2.75) is 38.2 Å². The number of nitrogens with one attached hydrogen (secondary N) is 1. The number of ether oxygens (including phenoxy) is 1. The first kappa shape index (κ1) is 13.8. The van der Waals surface area contributed by atoms with Gasteiger partial charge in [-0.05, 0) is 37.8 Å². The van der Waals surface area contributed by atoms with Gasteiger partial charge < -0.3 is 15.8 Å². The fourth-order valence-corrected chi connectivity index (χ4v) is 2.18. The van der Waals surface area contributed by atoms with Crippen LogP contribution in [0, 0.1) is 0 Å². The quantitative estimate of drug-likeness (QED) is 0.839. The molecule has 1 saturated heterocycles. The van der Waals surface area contributed by atoms with Crippen molar-refractivity contribution < 1.29 is 9.53 Å². The first-order valence-electron chi connectivity index (χ1n) is 6.83. The van der Waals surface area contributed by atoms with Crippen molar-refractivity contribution in [2.24, 2.45) is 0 Å². The SMILES string of the molecule is Nc1ccc(CC(=O)NCCC2CCCCO2)nc1. The Bertz CT molecular complexity index is 400. The third kappa shape index (κ3) is 4.87. The highest BCUT2D eigenvalue weighted by atomic mass is 16.5. The number of carbonyl (C=O) groups excluding carboxylic acids is 1. The van der Waals surface area contributed by atoms with Crippen molar-refractivity contribution in [3.05, 3.63) is 24.0 Å². The van der Waals surface area contributed by atoms with Crippen LogP contribution in [0.3, 0.4) is 0 Å². The predicted molar refractivity (Wildman–Crippen MR) is 73.6 cm³/mol. The molecule has 1 amide bonds. The number of hydrogen-bond donors (Lipinski definition) is 2. The molecule has 104 valence electrons. The second kappa shape index (κ2) is 7.09. The highest BCUT2D eigenvalue weighted by Crippen LogP contribution is 2.14. The molecule has 0 spiro atoms. The monoisotopic (exact) mass is 263 g/mol. The number of aromatic nitrogens is 1. The molecule has 3 N–H and O–H groups in total. The van der Waals surface area contributed by atoms with Crippen molar-refractivity contribution >= 4 is 11.6 Å². The number of rotatable bonds is 5. The summed E-state index contributed by atoms with van der Waals surface area (Å²) in [5, 5.41) is 2.90. The average Bonchev–Trinajstić information content (AvgIpc) is 2.43. The van der Waals surface area contributed by atoms with E-state index in [1.54, 1.807) is 18.3 Å². The average molecular weight is 263 g/mol. The van der Waals surface area contributed by atoms with Crippen LogP contribution in [0.1, 0.15) is 31.4 Å². The number of hydrogen-bond acceptors (Lipinski definition) is 4. The van der Waals surface area contributed by atoms with Gasteiger partial charge in [-0.2, -0.15) is 0 Å². The summed E-state index contributed by atoms with van der Waals surface area (Å²) in [5.41, 5.74) is 6.89. The van der Waals surface area contributed by atoms with E-state index >= 15 is 0 Å². The number of nitrogens with two attached hydrogens (primary N) is 1. The molecule has 0 bridgehead atoms. The Morgan fingerprint density at radius 3 is 3.05 bits per heavy atom. The van der Waals surface area contributed by atoms with Crippen LogP contribution in [0.2, 0.25) is 0 Å². The number of nitrogen functional groups attached to an aromatic ring is 1. The molecule has 1 fully saturated rings. The summed E-state index contributed by atoms with van der Waals surface area (Å²) in [6.45, 7) is 1.52. The third-order valence-corrected chi connectivity index (χ3v) is 3.25. The maximum Gasteiger partial charge on any atom is 0.226 e. The van der Waals surface area contributed by atoms with Crippen LogP contribution in [0.15, 0.2) is 18.3 Å². The zero-order chi connectivity index (χ0) is 13.5. The van der Waals surface area contributed by atoms with E-state index in [9.17, 15) is 4.79 Å². The zero-order valence-corrected chi connectivity index (χ0v) is 11.1. The van der Waals surface area contributed by atoms with Gasteiger partial charge in [-0.15, -0.1) is 0 Å². The molecule has 1 aromatic heterocycles. The van der Waals surface area contributed by atoms with E-state index in [1.165, 1.54) is 6.42 Å². The van der Waals surface area contributed by atoms with Gasteiger partial charge in [0.25, 0.3) is 0 Å². The van der Waals surface area contributed by atoms with Gasteiger partial charge in [-0.3, -0.25) is 9.78 Å². The van der Waals surface area contributed by atoms with E-state index < -0.39 is 0 Å². The second-order valence-corrected chi connectivity index (χ2v) is 4.89. The molecular weight excluding hydrogens is 242 g/mol. The van der Waals surface area contributed by atoms with Gasteiger partial charge in [0.15, 0.2) is 0 Å². The summed E-state index contributed by atoms with van der Waals surface area (Å²) in [4.78, 5) is 15.8. The molecule has 1 aliphatic heterocycles. The zero-order valence-electron chi connectivity index (χ0n) is 11.1. The molecule has 1 atom stereocenters. The van der Waals surface area contributed by atoms with Gasteiger partial charge >= 0.3 is 0 Å². The topological polar surface area (TPSA) is 77.2 Å². The molecule has 19 heavy (non-hydrogen) atoms. The van der Waals surface area contributed by atoms with Gasteiger partial charge in [0, 0.05) is 18.8 Å². The molecule has 1 aliphatic rings. The van der Waals surface area contributed by atoms with Gasteiger partial charge in [0.2, 0.25) is 5.91 Å². The fourth-order valence-electron chi connectivity index (χ4n) is 2.18. The molecule has 1 aromatic rings. The second-order valence-electron chi connectivity index (χ2n) is 4.89. The summed E-state index contributed by atoms with van der Waals surface area (Å²) in [7, 11) is 0. The number of nitrogens with zero attached hydrogens (tertiary/aromatic N) is 1. The molecule has 2 rings (SSSR count). The van der Waals surface area contributed by atoms with Crippen molar-refractivity contribution in [2.75, 3.05) is 18.9 Å². The van der Waals surface area contributed by atoms with E-state index in [2.05, 4.69) is 10.3 Å². The lowest BCUT2D eigenvalue weighted by molar-refractivity contribution is -0.120. The summed E-state index contributed by atoms with van der Waals surface area (Å²) >= 11 is 0. The van der Waals surface area contributed by atoms with E-state index in [1.807, 2.05) is 0 Å². The predicted octanol–water partition coefficient (Wildman–Crippen LogP) is 1.28. The van der Waals surface area contributed by atoms with Crippen molar-refractivity contribution in [3.63, 3.8) is 0 Å². The molecule has 0 radical (unpaired) electrons. The smallest absolute Gasteiger partial charge is 0.226 e. The molecule has 0 aromatic carbocycles. The van der Waals surface area contributed by atoms with Crippen LogP contribution < -0.4 is 11.1 Å². The Hall–Kier alpha value is -1.62. The maximum atomic E-state index is 11.7. The lowest BCUT2D eigenvalue weighted by Gasteiger charge is -2.22. The van der Waals surface area contributed by atoms with Crippen LogP contribution in [-0.4, -0.2) is 30.1 Å². The van der Waals surface area contributed by atoms with Crippen molar-refractivity contribution in [3.8, 4) is 0 Å². The van der Waals surface area contributed by atoms with E-state index in [-0.39, 0.29) is 5.91 Å². The third-order valence-electron chi connectivity index (χ3n) is 3.25. The normalized spacial score (nSPS) is 19.1. The Morgan fingerprint density at radius 2 is 2.37 bits per heavy atom. The van der Waals surface area contributed by atoms with Crippen molar-refractivity contribution in [1.29, 1.82) is 0 Å². The first-order valence-corrected chi connectivity index (χ1v) is 6.83. The number of amides is 1. The molecular formula is C14H21N3O2. The number of carbonyl (C=O) groups is 1. The van der Waals surface area contributed by atoms with E-state index in [0.717, 1.165) is 31.6 Å². The fraction of sp³-hybridized carbons (Fsp3) is 0.571. The largest absolute Gasteiger partial charge is 0.397 e. The van der Waals surface area contributed by atoms with E-state index in [0.29, 0.717) is 24.8 Å². The standard InChI is InChI=1S/C14H21N3O2/c15-11-4-5-12(17-10-11)9-14(18)16-7-6-13-3-1-2-8-19-13/h4-5,10,13H,1-3,6-9,15H2,(H,16,18). The summed E-state index contributed by atoms with van der Waals surface area (Å²) in [6.07, 6.45) is 6.56. The highest BCUT2D eigenvalue weighted by Gasteiger charge is 2.13. The van der Waals surface area contributed by atoms with Crippen LogP contribution in [0.25, 0.3) is 0 Å². The molecule has 0 saturated carbocycles. The molecule has 5 nitrogen and oxygen atoms in total. The van der Waals surface area contributed by atoms with Gasteiger partial charge in [0.05, 0.1) is 24.4 Å².